The Labute approximate surface area is 177 Å². The van der Waals surface area contributed by atoms with Gasteiger partial charge in [0.25, 0.3) is 0 Å². The fourth-order valence-corrected chi connectivity index (χ4v) is 3.47. The van der Waals surface area contributed by atoms with Gasteiger partial charge in [-0.3, -0.25) is 9.36 Å². The standard InChI is InChI=1S/C19H17Cl2N5OS/c1-3-10-26-17(13-4-6-14(20)7-5-13)24-25-19(26)28-12(2)18(27)23-16-9-8-15(21)11-22-16/h3-9,11-12H,1,10H2,2H3,(H,22,23,27). The van der Waals surface area contributed by atoms with Gasteiger partial charge < -0.3 is 5.32 Å². The van der Waals surface area contributed by atoms with Gasteiger partial charge in [0.15, 0.2) is 11.0 Å². The highest BCUT2D eigenvalue weighted by Crippen LogP contribution is 2.28. The molecular weight excluding hydrogens is 417 g/mol. The number of carbonyl (C=O) groups excluding carboxylic acids is 1. The van der Waals surface area contributed by atoms with Crippen LogP contribution < -0.4 is 5.32 Å². The SMILES string of the molecule is C=CCn1c(SC(C)C(=O)Nc2ccc(Cl)cn2)nnc1-c1ccc(Cl)cc1. The number of aromatic nitrogens is 4. The molecule has 9 heteroatoms. The van der Waals surface area contributed by atoms with E-state index in [1.54, 1.807) is 37.3 Å². The van der Waals surface area contributed by atoms with Crippen molar-refractivity contribution in [1.29, 1.82) is 0 Å². The molecule has 0 radical (unpaired) electrons. The first-order valence-corrected chi connectivity index (χ1v) is 10.0. The molecule has 0 aliphatic heterocycles. The number of nitrogens with one attached hydrogen (secondary N) is 1. The van der Waals surface area contributed by atoms with Crippen LogP contribution in [0.25, 0.3) is 11.4 Å². The van der Waals surface area contributed by atoms with E-state index in [0.29, 0.717) is 33.4 Å². The van der Waals surface area contributed by atoms with Crippen molar-refractivity contribution >= 4 is 46.7 Å². The van der Waals surface area contributed by atoms with Crippen LogP contribution in [-0.2, 0) is 11.3 Å². The summed E-state index contributed by atoms with van der Waals surface area (Å²) in [5.74, 6) is 0.934. The number of pyridine rings is 1. The van der Waals surface area contributed by atoms with Gasteiger partial charge in [0.2, 0.25) is 5.91 Å². The summed E-state index contributed by atoms with van der Waals surface area (Å²) in [6.07, 6.45) is 3.24. The molecule has 0 fully saturated rings. The molecule has 0 saturated carbocycles. The predicted octanol–water partition coefficient (Wildman–Crippen LogP) is 4.95. The second-order valence-electron chi connectivity index (χ2n) is 5.82. The monoisotopic (exact) mass is 433 g/mol. The lowest BCUT2D eigenvalue weighted by Gasteiger charge is -2.12. The summed E-state index contributed by atoms with van der Waals surface area (Å²) in [6, 6.07) is 10.7. The van der Waals surface area contributed by atoms with Crippen LogP contribution in [0.2, 0.25) is 10.0 Å². The van der Waals surface area contributed by atoms with E-state index in [-0.39, 0.29) is 5.91 Å². The maximum absolute atomic E-state index is 12.5. The largest absolute Gasteiger partial charge is 0.310 e. The highest BCUT2D eigenvalue weighted by atomic mass is 35.5. The molecule has 2 aromatic heterocycles. The second-order valence-corrected chi connectivity index (χ2v) is 8.00. The number of allylic oxidation sites excluding steroid dienone is 1. The topological polar surface area (TPSA) is 72.7 Å². The molecule has 0 saturated heterocycles. The van der Waals surface area contributed by atoms with Crippen molar-refractivity contribution in [2.45, 2.75) is 23.9 Å². The maximum atomic E-state index is 12.5. The van der Waals surface area contributed by atoms with Crippen LogP contribution >= 0.6 is 35.0 Å². The van der Waals surface area contributed by atoms with Crippen molar-refractivity contribution in [3.05, 3.63) is 65.3 Å². The highest BCUT2D eigenvalue weighted by molar-refractivity contribution is 8.00. The number of anilines is 1. The van der Waals surface area contributed by atoms with Crippen LogP contribution in [0.4, 0.5) is 5.82 Å². The molecule has 0 spiro atoms. The van der Waals surface area contributed by atoms with Crippen molar-refractivity contribution in [2.75, 3.05) is 5.32 Å². The van der Waals surface area contributed by atoms with Crippen LogP contribution in [0.15, 0.2) is 60.4 Å². The third kappa shape index (κ3) is 4.92. The number of nitrogens with zero attached hydrogens (tertiary/aromatic N) is 4. The molecule has 3 aromatic rings. The Morgan fingerprint density at radius 1 is 1.21 bits per heavy atom. The zero-order valence-electron chi connectivity index (χ0n) is 15.0. The predicted molar refractivity (Wildman–Crippen MR) is 114 cm³/mol. The van der Waals surface area contributed by atoms with Crippen LogP contribution in [-0.4, -0.2) is 30.9 Å². The van der Waals surface area contributed by atoms with Crippen LogP contribution in [0.5, 0.6) is 0 Å². The first-order valence-electron chi connectivity index (χ1n) is 8.37. The highest BCUT2D eigenvalue weighted by Gasteiger charge is 2.21. The Morgan fingerprint density at radius 3 is 2.57 bits per heavy atom. The quantitative estimate of drug-likeness (QED) is 0.421. The Balaban J connectivity index is 1.77. The molecule has 1 atom stereocenters. The fraction of sp³-hybridized carbons (Fsp3) is 0.158. The smallest absolute Gasteiger partial charge is 0.238 e. The molecule has 6 nitrogen and oxygen atoms in total. The Morgan fingerprint density at radius 2 is 1.93 bits per heavy atom. The van der Waals surface area contributed by atoms with E-state index < -0.39 is 5.25 Å². The van der Waals surface area contributed by atoms with E-state index in [1.165, 1.54) is 18.0 Å². The normalized spacial score (nSPS) is 11.8. The van der Waals surface area contributed by atoms with E-state index in [9.17, 15) is 4.79 Å². The van der Waals surface area contributed by atoms with E-state index >= 15 is 0 Å². The molecule has 3 rings (SSSR count). The second kappa shape index (κ2) is 9.23. The maximum Gasteiger partial charge on any atom is 0.238 e. The zero-order valence-corrected chi connectivity index (χ0v) is 17.3. The van der Waals surface area contributed by atoms with Crippen molar-refractivity contribution in [2.24, 2.45) is 0 Å². The van der Waals surface area contributed by atoms with Gasteiger partial charge >= 0.3 is 0 Å². The zero-order chi connectivity index (χ0) is 20.1. The minimum absolute atomic E-state index is 0.194. The van der Waals surface area contributed by atoms with E-state index in [2.05, 4.69) is 27.1 Å². The summed E-state index contributed by atoms with van der Waals surface area (Å²) in [7, 11) is 0. The lowest BCUT2D eigenvalue weighted by Crippen LogP contribution is -2.23. The van der Waals surface area contributed by atoms with Gasteiger partial charge in [-0.25, -0.2) is 4.98 Å². The Hall–Kier alpha value is -2.35. The first kappa shape index (κ1) is 20.4. The van der Waals surface area contributed by atoms with Gasteiger partial charge in [0.1, 0.15) is 5.82 Å². The summed E-state index contributed by atoms with van der Waals surface area (Å²) >= 11 is 13.1. The first-order chi connectivity index (χ1) is 13.5. The average molecular weight is 434 g/mol. The lowest BCUT2D eigenvalue weighted by atomic mass is 10.2. The average Bonchev–Trinajstić information content (AvgIpc) is 3.07. The number of hydrogen-bond donors (Lipinski definition) is 1. The molecule has 2 heterocycles. The summed E-state index contributed by atoms with van der Waals surface area (Å²) in [4.78, 5) is 16.6. The number of thioether (sulfide) groups is 1. The summed E-state index contributed by atoms with van der Waals surface area (Å²) < 4.78 is 1.91. The Bertz CT molecular complexity index is 973. The van der Waals surface area contributed by atoms with Crippen LogP contribution in [0, 0.1) is 0 Å². The van der Waals surface area contributed by atoms with Crippen LogP contribution in [0.1, 0.15) is 6.92 Å². The molecular formula is C19H17Cl2N5OS. The molecule has 1 aromatic carbocycles. The molecule has 1 unspecified atom stereocenters. The van der Waals surface area contributed by atoms with Gasteiger partial charge in [0, 0.05) is 23.3 Å². The fourth-order valence-electron chi connectivity index (χ4n) is 2.37. The molecule has 0 aliphatic carbocycles. The number of amides is 1. The van der Waals surface area contributed by atoms with Crippen molar-refractivity contribution in [3.63, 3.8) is 0 Å². The van der Waals surface area contributed by atoms with Gasteiger partial charge in [-0.05, 0) is 43.3 Å². The molecule has 0 aliphatic rings. The lowest BCUT2D eigenvalue weighted by molar-refractivity contribution is -0.115. The summed E-state index contributed by atoms with van der Waals surface area (Å²) in [6.45, 7) is 6.11. The van der Waals surface area contributed by atoms with Crippen LogP contribution in [0.3, 0.4) is 0 Å². The molecule has 0 bridgehead atoms. The number of hydrogen-bond acceptors (Lipinski definition) is 5. The number of benzene rings is 1. The minimum atomic E-state index is -0.414. The third-order valence-electron chi connectivity index (χ3n) is 3.76. The number of halogens is 2. The summed E-state index contributed by atoms with van der Waals surface area (Å²) in [5.41, 5.74) is 0.882. The van der Waals surface area contributed by atoms with Gasteiger partial charge in [-0.2, -0.15) is 0 Å². The van der Waals surface area contributed by atoms with E-state index in [1.807, 2.05) is 16.7 Å². The van der Waals surface area contributed by atoms with Crippen molar-refractivity contribution in [1.82, 2.24) is 19.7 Å². The van der Waals surface area contributed by atoms with Gasteiger partial charge in [-0.15, -0.1) is 16.8 Å². The van der Waals surface area contributed by atoms with Gasteiger partial charge in [-0.1, -0.05) is 41.0 Å². The molecule has 1 amide bonds. The van der Waals surface area contributed by atoms with Crippen molar-refractivity contribution < 1.29 is 4.79 Å². The molecule has 1 N–H and O–H groups in total. The Kier molecular flexibility index (Phi) is 6.72. The van der Waals surface area contributed by atoms with E-state index in [4.69, 9.17) is 23.2 Å². The molecule has 144 valence electrons. The molecule has 28 heavy (non-hydrogen) atoms. The minimum Gasteiger partial charge on any atom is -0.310 e. The third-order valence-corrected chi connectivity index (χ3v) is 5.32. The number of carbonyl (C=O) groups is 1. The number of rotatable bonds is 7. The summed E-state index contributed by atoms with van der Waals surface area (Å²) in [5, 5.41) is 12.7. The van der Waals surface area contributed by atoms with Gasteiger partial charge in [0.05, 0.1) is 10.3 Å². The van der Waals surface area contributed by atoms with E-state index in [0.717, 1.165) is 5.56 Å². The van der Waals surface area contributed by atoms with Crippen molar-refractivity contribution in [3.8, 4) is 11.4 Å².